The fourth-order valence-corrected chi connectivity index (χ4v) is 3.05. The average molecular weight is 265 g/mol. The first-order valence-corrected chi connectivity index (χ1v) is 6.69. The summed E-state index contributed by atoms with van der Waals surface area (Å²) in [5.41, 5.74) is 7.20. The Labute approximate surface area is 110 Å². The molecule has 1 aromatic carbocycles. The molecule has 0 bridgehead atoms. The zero-order valence-electron chi connectivity index (χ0n) is 10.1. The van der Waals surface area contributed by atoms with Crippen LogP contribution in [0.3, 0.4) is 0 Å². The van der Waals surface area contributed by atoms with Crippen molar-refractivity contribution in [2.75, 3.05) is 6.54 Å². The van der Waals surface area contributed by atoms with Crippen LogP contribution in [0, 0.1) is 12.7 Å². The van der Waals surface area contributed by atoms with Crippen molar-refractivity contribution in [2.24, 2.45) is 5.73 Å². The number of hydrogen-bond acceptors (Lipinski definition) is 3. The number of hydrogen-bond donors (Lipinski definition) is 2. The van der Waals surface area contributed by atoms with Crippen LogP contribution in [0.2, 0.25) is 0 Å². The molecule has 18 heavy (non-hydrogen) atoms. The summed E-state index contributed by atoms with van der Waals surface area (Å²) >= 11 is 1.47. The van der Waals surface area contributed by atoms with Gasteiger partial charge in [0.1, 0.15) is 5.82 Å². The van der Waals surface area contributed by atoms with E-state index >= 15 is 0 Å². The number of halogens is 1. The molecule has 2 atom stereocenters. The van der Waals surface area contributed by atoms with Gasteiger partial charge in [-0.15, -0.1) is 11.3 Å². The molecule has 0 fully saturated rings. The monoisotopic (exact) mass is 265 g/mol. The second kappa shape index (κ2) is 5.61. The molecule has 0 amide bonds. The molecule has 0 aliphatic carbocycles. The van der Waals surface area contributed by atoms with E-state index in [9.17, 15) is 9.50 Å². The van der Waals surface area contributed by atoms with Gasteiger partial charge >= 0.3 is 0 Å². The van der Waals surface area contributed by atoms with Gasteiger partial charge in [-0.05, 0) is 35.6 Å². The van der Waals surface area contributed by atoms with Crippen molar-refractivity contribution in [3.05, 3.63) is 57.5 Å². The maximum atomic E-state index is 13.8. The Balaban J connectivity index is 2.35. The molecule has 1 aromatic heterocycles. The van der Waals surface area contributed by atoms with Crippen LogP contribution in [-0.2, 0) is 0 Å². The third-order valence-electron chi connectivity index (χ3n) is 3.11. The van der Waals surface area contributed by atoms with Crippen LogP contribution in [0.1, 0.15) is 28.0 Å². The van der Waals surface area contributed by atoms with E-state index < -0.39 is 12.0 Å². The molecule has 96 valence electrons. The van der Waals surface area contributed by atoms with Gasteiger partial charge in [-0.25, -0.2) is 4.39 Å². The molecular weight excluding hydrogens is 249 g/mol. The molecule has 2 nitrogen and oxygen atoms in total. The normalized spacial score (nSPS) is 14.4. The Morgan fingerprint density at radius 3 is 2.61 bits per heavy atom. The number of nitrogens with two attached hydrogens (primary N) is 1. The molecule has 4 heteroatoms. The van der Waals surface area contributed by atoms with Gasteiger partial charge in [-0.3, -0.25) is 0 Å². The Bertz CT molecular complexity index is 526. The molecule has 0 spiro atoms. The van der Waals surface area contributed by atoms with Gasteiger partial charge in [0, 0.05) is 17.3 Å². The highest BCUT2D eigenvalue weighted by atomic mass is 32.1. The van der Waals surface area contributed by atoms with E-state index in [1.807, 2.05) is 18.4 Å². The van der Waals surface area contributed by atoms with E-state index in [1.165, 1.54) is 17.4 Å². The van der Waals surface area contributed by atoms with Crippen LogP contribution in [0.15, 0.2) is 35.7 Å². The van der Waals surface area contributed by atoms with E-state index in [0.29, 0.717) is 5.56 Å². The fourth-order valence-electron chi connectivity index (χ4n) is 2.07. The Kier molecular flexibility index (Phi) is 4.11. The molecule has 0 saturated heterocycles. The Morgan fingerprint density at radius 2 is 2.06 bits per heavy atom. The summed E-state index contributed by atoms with van der Waals surface area (Å²) in [5.74, 6) is -0.732. The zero-order chi connectivity index (χ0) is 13.1. The van der Waals surface area contributed by atoms with E-state index in [-0.39, 0.29) is 12.4 Å². The molecule has 0 saturated carbocycles. The molecule has 0 aliphatic rings. The molecule has 0 radical (unpaired) electrons. The zero-order valence-corrected chi connectivity index (χ0v) is 11.0. The summed E-state index contributed by atoms with van der Waals surface area (Å²) < 4.78 is 13.8. The van der Waals surface area contributed by atoms with Gasteiger partial charge in [0.05, 0.1) is 6.10 Å². The minimum Gasteiger partial charge on any atom is -0.387 e. The highest BCUT2D eigenvalue weighted by Crippen LogP contribution is 2.35. The topological polar surface area (TPSA) is 46.2 Å². The smallest absolute Gasteiger partial charge is 0.126 e. The van der Waals surface area contributed by atoms with Gasteiger partial charge in [-0.1, -0.05) is 18.2 Å². The van der Waals surface area contributed by atoms with E-state index in [0.717, 1.165) is 10.4 Å². The Hall–Kier alpha value is -1.23. The van der Waals surface area contributed by atoms with Crippen molar-refractivity contribution in [1.82, 2.24) is 0 Å². The maximum Gasteiger partial charge on any atom is 0.126 e. The quantitative estimate of drug-likeness (QED) is 0.892. The lowest BCUT2D eigenvalue weighted by Gasteiger charge is -2.22. The predicted molar refractivity (Wildman–Crippen MR) is 72.2 cm³/mol. The summed E-state index contributed by atoms with van der Waals surface area (Å²) in [6.45, 7) is 2.14. The van der Waals surface area contributed by atoms with Crippen LogP contribution in [0.4, 0.5) is 4.39 Å². The van der Waals surface area contributed by atoms with Crippen LogP contribution in [-0.4, -0.2) is 11.7 Å². The summed E-state index contributed by atoms with van der Waals surface area (Å²) in [4.78, 5) is 0.855. The molecule has 1 heterocycles. The van der Waals surface area contributed by atoms with Gasteiger partial charge in [0.25, 0.3) is 0 Å². The second-order valence-corrected chi connectivity index (χ2v) is 5.22. The molecule has 3 N–H and O–H groups in total. The minimum absolute atomic E-state index is 0.208. The maximum absolute atomic E-state index is 13.8. The SMILES string of the molecule is Cc1ccsc1C(O)C(CN)c1ccccc1F. The highest BCUT2D eigenvalue weighted by Gasteiger charge is 2.25. The lowest BCUT2D eigenvalue weighted by Crippen LogP contribution is -2.21. The molecule has 2 aromatic rings. The van der Waals surface area contributed by atoms with E-state index in [1.54, 1.807) is 18.2 Å². The van der Waals surface area contributed by atoms with Crippen molar-refractivity contribution in [3.8, 4) is 0 Å². The summed E-state index contributed by atoms with van der Waals surface area (Å²) in [5, 5.41) is 12.3. The lowest BCUT2D eigenvalue weighted by molar-refractivity contribution is 0.149. The van der Waals surface area contributed by atoms with Crippen LogP contribution in [0.5, 0.6) is 0 Å². The largest absolute Gasteiger partial charge is 0.387 e. The lowest BCUT2D eigenvalue weighted by atomic mass is 9.91. The highest BCUT2D eigenvalue weighted by molar-refractivity contribution is 7.10. The van der Waals surface area contributed by atoms with Crippen LogP contribution >= 0.6 is 11.3 Å². The third-order valence-corrected chi connectivity index (χ3v) is 4.20. The van der Waals surface area contributed by atoms with Crippen LogP contribution < -0.4 is 5.73 Å². The molecular formula is C14H16FNOS. The summed E-state index contributed by atoms with van der Waals surface area (Å²) in [6.07, 6.45) is -0.758. The molecule has 2 unspecified atom stereocenters. The van der Waals surface area contributed by atoms with Gasteiger partial charge in [0.2, 0.25) is 0 Å². The Morgan fingerprint density at radius 1 is 1.33 bits per heavy atom. The van der Waals surface area contributed by atoms with Crippen molar-refractivity contribution in [2.45, 2.75) is 18.9 Å². The molecule has 2 rings (SSSR count). The standard InChI is InChI=1S/C14H16FNOS/c1-9-6-7-18-14(9)13(17)11(8-16)10-4-2-3-5-12(10)15/h2-7,11,13,17H,8,16H2,1H3. The number of aliphatic hydroxyl groups excluding tert-OH is 1. The van der Waals surface area contributed by atoms with Gasteiger partial charge in [-0.2, -0.15) is 0 Å². The second-order valence-electron chi connectivity index (χ2n) is 4.28. The van der Waals surface area contributed by atoms with Crippen molar-refractivity contribution in [3.63, 3.8) is 0 Å². The predicted octanol–water partition coefficient (Wildman–Crippen LogP) is 2.97. The fraction of sp³-hybridized carbons (Fsp3) is 0.286. The molecule has 0 aliphatic heterocycles. The van der Waals surface area contributed by atoms with Gasteiger partial charge < -0.3 is 10.8 Å². The van der Waals surface area contributed by atoms with Gasteiger partial charge in [0.15, 0.2) is 0 Å². The van der Waals surface area contributed by atoms with Crippen molar-refractivity contribution < 1.29 is 9.50 Å². The number of aryl methyl sites for hydroxylation is 1. The number of rotatable bonds is 4. The minimum atomic E-state index is -0.758. The number of benzene rings is 1. The van der Waals surface area contributed by atoms with E-state index in [4.69, 9.17) is 5.73 Å². The van der Waals surface area contributed by atoms with Crippen molar-refractivity contribution >= 4 is 11.3 Å². The van der Waals surface area contributed by atoms with Crippen LogP contribution in [0.25, 0.3) is 0 Å². The first kappa shape index (κ1) is 13.2. The first-order valence-electron chi connectivity index (χ1n) is 5.81. The number of thiophene rings is 1. The third kappa shape index (κ3) is 2.46. The average Bonchev–Trinajstić information content (AvgIpc) is 2.78. The van der Waals surface area contributed by atoms with Crippen molar-refractivity contribution in [1.29, 1.82) is 0 Å². The first-order chi connectivity index (χ1) is 8.65. The number of aliphatic hydroxyl groups is 1. The summed E-state index contributed by atoms with van der Waals surface area (Å²) in [7, 11) is 0. The van der Waals surface area contributed by atoms with E-state index in [2.05, 4.69) is 0 Å². The summed E-state index contributed by atoms with van der Waals surface area (Å²) in [6, 6.07) is 8.41.